The van der Waals surface area contributed by atoms with Crippen LogP contribution in [0.5, 0.6) is 0 Å². The average Bonchev–Trinajstić information content (AvgIpc) is 2.45. The van der Waals surface area contributed by atoms with Crippen molar-refractivity contribution in [2.45, 2.75) is 6.92 Å². The number of carbonyl (C=O) groups is 1. The Hall–Kier alpha value is -1.82. The number of hydrogen-bond acceptors (Lipinski definition) is 2. The third-order valence-electron chi connectivity index (χ3n) is 3.11. The fourth-order valence-corrected chi connectivity index (χ4v) is 2.63. The predicted octanol–water partition coefficient (Wildman–Crippen LogP) is 4.79. The summed E-state index contributed by atoms with van der Waals surface area (Å²) in [6.45, 7) is 1.52. The van der Waals surface area contributed by atoms with Crippen molar-refractivity contribution in [2.24, 2.45) is 0 Å². The summed E-state index contributed by atoms with van der Waals surface area (Å²) in [7, 11) is 1.72. The molecule has 0 bridgehead atoms. The van der Waals surface area contributed by atoms with Gasteiger partial charge in [0.25, 0.3) is 0 Å². The lowest BCUT2D eigenvalue weighted by molar-refractivity contribution is -0.116. The van der Waals surface area contributed by atoms with Crippen molar-refractivity contribution in [1.82, 2.24) is 0 Å². The van der Waals surface area contributed by atoms with E-state index in [1.807, 2.05) is 24.3 Å². The average molecular weight is 368 g/mol. The van der Waals surface area contributed by atoms with E-state index in [-0.39, 0.29) is 5.91 Å². The molecule has 2 N–H and O–H groups in total. The smallest absolute Gasteiger partial charge is 0.223 e. The maximum atomic E-state index is 11.3. The van der Waals surface area contributed by atoms with Crippen LogP contribution < -0.4 is 15.5 Å². The van der Waals surface area contributed by atoms with Crippen molar-refractivity contribution in [3.8, 4) is 0 Å². The predicted molar refractivity (Wildman–Crippen MR) is 102 cm³/mol. The molecule has 0 spiro atoms. The maximum absolute atomic E-state index is 11.3. The number of carbonyl (C=O) groups excluding carboxylic acids is 1. The van der Waals surface area contributed by atoms with E-state index in [0.717, 1.165) is 11.4 Å². The molecule has 1 amide bonds. The van der Waals surface area contributed by atoms with Crippen LogP contribution in [0.25, 0.3) is 0 Å². The third kappa shape index (κ3) is 5.10. The highest BCUT2D eigenvalue weighted by atomic mass is 35.5. The van der Waals surface area contributed by atoms with Crippen molar-refractivity contribution >= 4 is 63.5 Å². The van der Waals surface area contributed by atoms with Crippen LogP contribution in [0.15, 0.2) is 42.5 Å². The highest BCUT2D eigenvalue weighted by Crippen LogP contribution is 2.23. The van der Waals surface area contributed by atoms with Crippen LogP contribution in [-0.2, 0) is 4.79 Å². The van der Waals surface area contributed by atoms with Gasteiger partial charge in [0, 0.05) is 41.1 Å². The lowest BCUT2D eigenvalue weighted by Crippen LogP contribution is -2.23. The van der Waals surface area contributed by atoms with Crippen LogP contribution in [0.2, 0.25) is 10.0 Å². The Morgan fingerprint density at radius 1 is 1.00 bits per heavy atom. The Labute approximate surface area is 150 Å². The quantitative estimate of drug-likeness (QED) is 0.765. The molecule has 0 aliphatic heterocycles. The first-order valence-electron chi connectivity index (χ1n) is 6.73. The van der Waals surface area contributed by atoms with Crippen molar-refractivity contribution < 1.29 is 4.79 Å². The van der Waals surface area contributed by atoms with Gasteiger partial charge >= 0.3 is 0 Å². The van der Waals surface area contributed by atoms with E-state index in [0.29, 0.717) is 20.8 Å². The van der Waals surface area contributed by atoms with Crippen LogP contribution in [0.1, 0.15) is 6.92 Å². The Morgan fingerprint density at radius 3 is 2.04 bits per heavy atom. The van der Waals surface area contributed by atoms with Gasteiger partial charge in [-0.3, -0.25) is 4.79 Å². The molecule has 2 aromatic rings. The zero-order chi connectivity index (χ0) is 17.0. The second-order valence-corrected chi connectivity index (χ2v) is 6.14. The molecule has 23 heavy (non-hydrogen) atoms. The van der Waals surface area contributed by atoms with E-state index in [9.17, 15) is 4.79 Å². The minimum Gasteiger partial charge on any atom is -0.332 e. The molecule has 2 rings (SSSR count). The normalized spacial score (nSPS) is 10.1. The molecule has 0 radical (unpaired) electrons. The lowest BCUT2D eigenvalue weighted by atomic mass is 10.2. The minimum absolute atomic E-state index is 0.0271. The molecular formula is C16H15Cl2N3OS. The fourth-order valence-electron chi connectivity index (χ4n) is 1.87. The number of nitrogens with zero attached hydrogens (tertiary/aromatic N) is 1. The van der Waals surface area contributed by atoms with Crippen LogP contribution in [0.3, 0.4) is 0 Å². The molecule has 0 aliphatic rings. The number of amides is 1. The molecule has 0 saturated heterocycles. The van der Waals surface area contributed by atoms with E-state index in [1.165, 1.54) is 6.92 Å². The zero-order valence-corrected chi connectivity index (χ0v) is 14.9. The van der Waals surface area contributed by atoms with E-state index in [4.69, 9.17) is 35.4 Å². The second kappa shape index (κ2) is 7.64. The summed E-state index contributed by atoms with van der Waals surface area (Å²) in [5, 5.41) is 7.54. The summed E-state index contributed by atoms with van der Waals surface area (Å²) in [5.41, 5.74) is 2.31. The van der Waals surface area contributed by atoms with Gasteiger partial charge in [-0.05, 0) is 54.7 Å². The minimum atomic E-state index is -0.0271. The van der Waals surface area contributed by atoms with Crippen molar-refractivity contribution in [1.29, 1.82) is 0 Å². The molecule has 0 aromatic heterocycles. The van der Waals surface area contributed by atoms with Gasteiger partial charge in [0.1, 0.15) is 0 Å². The number of nitrogens with one attached hydrogen (secondary N) is 2. The topological polar surface area (TPSA) is 44.4 Å². The number of benzene rings is 2. The van der Waals surface area contributed by atoms with Crippen molar-refractivity contribution in [3.63, 3.8) is 0 Å². The molecule has 120 valence electrons. The number of anilines is 3. The van der Waals surface area contributed by atoms with Gasteiger partial charge in [-0.15, -0.1) is 0 Å². The highest BCUT2D eigenvalue weighted by molar-refractivity contribution is 7.80. The first kappa shape index (κ1) is 17.5. The summed E-state index contributed by atoms with van der Waals surface area (Å²) < 4.78 is 0. The SMILES string of the molecule is CC(=O)N(C)c1ccc(NC(=S)Nc2cc(Cl)cc(Cl)c2)cc1. The summed E-state index contributed by atoms with van der Waals surface area (Å²) in [6, 6.07) is 12.5. The van der Waals surface area contributed by atoms with E-state index >= 15 is 0 Å². The van der Waals surface area contributed by atoms with E-state index < -0.39 is 0 Å². The van der Waals surface area contributed by atoms with Gasteiger partial charge in [0.05, 0.1) is 0 Å². The van der Waals surface area contributed by atoms with Crippen LogP contribution in [0, 0.1) is 0 Å². The Bertz CT molecular complexity index is 714. The van der Waals surface area contributed by atoms with E-state index in [1.54, 1.807) is 30.1 Å². The zero-order valence-electron chi connectivity index (χ0n) is 12.6. The molecule has 0 heterocycles. The summed E-state index contributed by atoms with van der Waals surface area (Å²) in [5.74, 6) is -0.0271. The fraction of sp³-hybridized carbons (Fsp3) is 0.125. The maximum Gasteiger partial charge on any atom is 0.223 e. The van der Waals surface area contributed by atoms with Gasteiger partial charge in [0.2, 0.25) is 5.91 Å². The largest absolute Gasteiger partial charge is 0.332 e. The van der Waals surface area contributed by atoms with Gasteiger partial charge < -0.3 is 15.5 Å². The Balaban J connectivity index is 2.01. The monoisotopic (exact) mass is 367 g/mol. The summed E-state index contributed by atoms with van der Waals surface area (Å²) in [4.78, 5) is 12.9. The molecule has 2 aromatic carbocycles. The van der Waals surface area contributed by atoms with Gasteiger partial charge in [-0.1, -0.05) is 23.2 Å². The molecule has 0 atom stereocenters. The third-order valence-corrected chi connectivity index (χ3v) is 3.75. The molecule has 0 unspecified atom stereocenters. The highest BCUT2D eigenvalue weighted by Gasteiger charge is 2.06. The first-order valence-corrected chi connectivity index (χ1v) is 7.90. The summed E-state index contributed by atoms with van der Waals surface area (Å²) >= 11 is 17.1. The molecule has 0 aliphatic carbocycles. The number of thiocarbonyl (C=S) groups is 1. The van der Waals surface area contributed by atoms with Crippen LogP contribution >= 0.6 is 35.4 Å². The first-order chi connectivity index (χ1) is 10.8. The van der Waals surface area contributed by atoms with Gasteiger partial charge in [-0.25, -0.2) is 0 Å². The van der Waals surface area contributed by atoms with Crippen LogP contribution in [-0.4, -0.2) is 18.1 Å². The molecular weight excluding hydrogens is 353 g/mol. The Morgan fingerprint density at radius 2 is 1.52 bits per heavy atom. The van der Waals surface area contributed by atoms with Gasteiger partial charge in [-0.2, -0.15) is 0 Å². The number of halogens is 2. The molecule has 0 saturated carbocycles. The van der Waals surface area contributed by atoms with Crippen molar-refractivity contribution in [3.05, 3.63) is 52.5 Å². The number of hydrogen-bond donors (Lipinski definition) is 2. The van der Waals surface area contributed by atoms with Crippen molar-refractivity contribution in [2.75, 3.05) is 22.6 Å². The molecule has 7 heteroatoms. The summed E-state index contributed by atoms with van der Waals surface area (Å²) in [6.07, 6.45) is 0. The standard InChI is InChI=1S/C16H15Cl2N3OS/c1-10(22)21(2)15-5-3-13(4-6-15)19-16(23)20-14-8-11(17)7-12(18)9-14/h3-9H,1-2H3,(H2,19,20,23). The molecule has 4 nitrogen and oxygen atoms in total. The second-order valence-electron chi connectivity index (χ2n) is 4.86. The molecule has 0 fully saturated rings. The number of rotatable bonds is 3. The lowest BCUT2D eigenvalue weighted by Gasteiger charge is -2.16. The van der Waals surface area contributed by atoms with Crippen LogP contribution in [0.4, 0.5) is 17.1 Å². The Kier molecular flexibility index (Phi) is 5.82. The van der Waals surface area contributed by atoms with Gasteiger partial charge in [0.15, 0.2) is 5.11 Å². The van der Waals surface area contributed by atoms with E-state index in [2.05, 4.69) is 10.6 Å².